The maximum atomic E-state index is 10.3. The van der Waals surface area contributed by atoms with Crippen molar-refractivity contribution in [3.8, 4) is 0 Å². The maximum Gasteiger partial charge on any atom is 0.316 e. The summed E-state index contributed by atoms with van der Waals surface area (Å²) in [7, 11) is 0. The number of nitrogens with two attached hydrogens (primary N) is 1. The van der Waals surface area contributed by atoms with Crippen LogP contribution in [-0.2, 0) is 0 Å². The van der Waals surface area contributed by atoms with Crippen LogP contribution in [0.25, 0.3) is 0 Å². The lowest BCUT2D eigenvalue weighted by Crippen LogP contribution is -2.19. The normalized spacial score (nSPS) is 8.80. The summed E-state index contributed by atoms with van der Waals surface area (Å²) >= 11 is 0. The third kappa shape index (κ3) is 1.74. The van der Waals surface area contributed by atoms with E-state index in [1.54, 1.807) is 18.3 Å². The molecule has 0 atom stereocenters. The van der Waals surface area contributed by atoms with Gasteiger partial charge in [-0.2, -0.15) is 0 Å². The van der Waals surface area contributed by atoms with Crippen LogP contribution in [0.1, 0.15) is 0 Å². The van der Waals surface area contributed by atoms with Gasteiger partial charge in [-0.05, 0) is 12.1 Å². The molecule has 0 radical (unpaired) electrons. The third-order valence-corrected chi connectivity index (χ3v) is 0.929. The number of carbonyl (C=O) groups is 1. The van der Waals surface area contributed by atoms with Crippen LogP contribution in [0.4, 0.5) is 10.5 Å². The van der Waals surface area contributed by atoms with Crippen molar-refractivity contribution < 1.29 is 4.79 Å². The average Bonchev–Trinajstić information content (AvgIpc) is 1.88. The van der Waals surface area contributed by atoms with Crippen LogP contribution in [-0.4, -0.2) is 11.0 Å². The minimum absolute atomic E-state index is 0.576. The van der Waals surface area contributed by atoms with Crippen LogP contribution < -0.4 is 11.1 Å². The third-order valence-electron chi connectivity index (χ3n) is 0.929. The highest BCUT2D eigenvalue weighted by Crippen LogP contribution is 2.00. The Kier molecular flexibility index (Phi) is 1.84. The highest BCUT2D eigenvalue weighted by atomic mass is 16.2. The number of hydrogen-bond acceptors (Lipinski definition) is 2. The molecule has 0 saturated carbocycles. The molecule has 1 aromatic rings. The summed E-state index contributed by atoms with van der Waals surface area (Å²) in [5.74, 6) is 0. The van der Waals surface area contributed by atoms with E-state index >= 15 is 0 Å². The van der Waals surface area contributed by atoms with Crippen molar-refractivity contribution in [1.82, 2.24) is 4.98 Å². The van der Waals surface area contributed by atoms with E-state index in [9.17, 15) is 4.79 Å². The van der Waals surface area contributed by atoms with Gasteiger partial charge in [-0.15, -0.1) is 0 Å². The molecule has 2 amide bonds. The van der Waals surface area contributed by atoms with Gasteiger partial charge in [0.25, 0.3) is 0 Å². The molecule has 0 aliphatic rings. The van der Waals surface area contributed by atoms with Gasteiger partial charge in [-0.3, -0.25) is 4.98 Å². The minimum Gasteiger partial charge on any atom is -0.351 e. The zero-order valence-corrected chi connectivity index (χ0v) is 5.24. The molecule has 1 heterocycles. The molecule has 0 unspecified atom stereocenters. The van der Waals surface area contributed by atoms with E-state index in [4.69, 9.17) is 5.73 Å². The van der Waals surface area contributed by atoms with Gasteiger partial charge in [0.15, 0.2) is 0 Å². The highest BCUT2D eigenvalue weighted by Gasteiger charge is 1.91. The summed E-state index contributed by atoms with van der Waals surface area (Å²) < 4.78 is 0. The monoisotopic (exact) mass is 137 g/mol. The van der Waals surface area contributed by atoms with Gasteiger partial charge < -0.3 is 11.1 Å². The second-order valence-electron chi connectivity index (χ2n) is 1.73. The summed E-state index contributed by atoms with van der Waals surface area (Å²) in [4.78, 5) is 14.0. The fraction of sp³-hybridized carbons (Fsp3) is 0. The van der Waals surface area contributed by atoms with Crippen molar-refractivity contribution in [2.45, 2.75) is 0 Å². The highest BCUT2D eigenvalue weighted by molar-refractivity contribution is 5.87. The van der Waals surface area contributed by atoms with Crippen molar-refractivity contribution in [2.24, 2.45) is 5.73 Å². The van der Waals surface area contributed by atoms with Crippen LogP contribution >= 0.6 is 0 Å². The number of nitrogens with one attached hydrogen (secondary N) is 1. The smallest absolute Gasteiger partial charge is 0.316 e. The molecule has 0 fully saturated rings. The van der Waals surface area contributed by atoms with E-state index in [2.05, 4.69) is 10.3 Å². The Balaban J connectivity index is 2.67. The number of hydrogen-bond donors (Lipinski definition) is 2. The fourth-order valence-corrected chi connectivity index (χ4v) is 0.579. The van der Waals surface area contributed by atoms with Gasteiger partial charge in [0, 0.05) is 6.20 Å². The summed E-state index contributed by atoms with van der Waals surface area (Å²) in [6.45, 7) is 0. The number of aromatic nitrogens is 1. The molecule has 0 aliphatic heterocycles. The Morgan fingerprint density at radius 2 is 2.50 bits per heavy atom. The number of urea groups is 1. The van der Waals surface area contributed by atoms with Gasteiger partial charge in [-0.25, -0.2) is 4.79 Å². The average molecular weight is 137 g/mol. The first-order chi connectivity index (χ1) is 4.79. The molecule has 1 aromatic heterocycles. The SMILES string of the molecule is NC(=O)Nc1cccnc1. The van der Waals surface area contributed by atoms with Gasteiger partial charge in [0.1, 0.15) is 0 Å². The van der Waals surface area contributed by atoms with Crippen LogP contribution in [0.3, 0.4) is 0 Å². The van der Waals surface area contributed by atoms with Crippen LogP contribution in [0, 0.1) is 0 Å². The van der Waals surface area contributed by atoms with Gasteiger partial charge in [0.2, 0.25) is 0 Å². The Bertz CT molecular complexity index is 222. The molecule has 0 spiro atoms. The molecule has 0 aliphatic carbocycles. The number of anilines is 1. The number of amides is 2. The molecule has 52 valence electrons. The predicted octanol–water partition coefficient (Wildman–Crippen LogP) is 0.572. The molecule has 3 N–H and O–H groups in total. The van der Waals surface area contributed by atoms with Crippen molar-refractivity contribution in [1.29, 1.82) is 0 Å². The van der Waals surface area contributed by atoms with E-state index in [0.29, 0.717) is 5.69 Å². The molecular weight excluding hydrogens is 130 g/mol. The molecule has 4 nitrogen and oxygen atoms in total. The Hall–Kier alpha value is -1.58. The van der Waals surface area contributed by atoms with E-state index in [1.165, 1.54) is 6.20 Å². The largest absolute Gasteiger partial charge is 0.351 e. The summed E-state index contributed by atoms with van der Waals surface area (Å²) in [6, 6.07) is 2.84. The summed E-state index contributed by atoms with van der Waals surface area (Å²) in [5.41, 5.74) is 5.45. The zero-order valence-electron chi connectivity index (χ0n) is 5.24. The first-order valence-electron chi connectivity index (χ1n) is 2.75. The summed E-state index contributed by atoms with van der Waals surface area (Å²) in [5, 5.41) is 2.38. The van der Waals surface area contributed by atoms with Crippen LogP contribution in [0.15, 0.2) is 24.5 Å². The molecule has 1 rings (SSSR count). The van der Waals surface area contributed by atoms with Gasteiger partial charge >= 0.3 is 6.03 Å². The second-order valence-corrected chi connectivity index (χ2v) is 1.73. The van der Waals surface area contributed by atoms with Crippen molar-refractivity contribution in [3.63, 3.8) is 0 Å². The standard InChI is InChI=1S/C6H7N3O/c7-6(10)9-5-2-1-3-8-4-5/h1-4H,(H3,7,9,10). The lowest BCUT2D eigenvalue weighted by molar-refractivity contribution is 0.259. The number of pyridine rings is 1. The van der Waals surface area contributed by atoms with E-state index in [0.717, 1.165) is 0 Å². The lowest BCUT2D eigenvalue weighted by Gasteiger charge is -1.97. The molecule has 0 aromatic carbocycles. The number of rotatable bonds is 1. The molecule has 0 saturated heterocycles. The Labute approximate surface area is 58.1 Å². The Morgan fingerprint density at radius 3 is 3.00 bits per heavy atom. The van der Waals surface area contributed by atoms with Crippen molar-refractivity contribution in [2.75, 3.05) is 5.32 Å². The first kappa shape index (κ1) is 6.54. The quantitative estimate of drug-likeness (QED) is 0.594. The molecular formula is C6H7N3O. The van der Waals surface area contributed by atoms with E-state index in [1.807, 2.05) is 0 Å². The fourth-order valence-electron chi connectivity index (χ4n) is 0.579. The second kappa shape index (κ2) is 2.82. The zero-order chi connectivity index (χ0) is 7.40. The lowest BCUT2D eigenvalue weighted by atomic mass is 10.4. The maximum absolute atomic E-state index is 10.3. The van der Waals surface area contributed by atoms with E-state index < -0.39 is 6.03 Å². The van der Waals surface area contributed by atoms with Gasteiger partial charge in [0.05, 0.1) is 11.9 Å². The molecule has 0 bridgehead atoms. The summed E-state index contributed by atoms with van der Waals surface area (Å²) in [6.07, 6.45) is 3.14. The van der Waals surface area contributed by atoms with Crippen molar-refractivity contribution in [3.05, 3.63) is 24.5 Å². The predicted molar refractivity (Wildman–Crippen MR) is 37.4 cm³/mol. The number of carbonyl (C=O) groups excluding carboxylic acids is 1. The number of primary amides is 1. The topological polar surface area (TPSA) is 68.0 Å². The van der Waals surface area contributed by atoms with Crippen LogP contribution in [0.5, 0.6) is 0 Å². The molecule has 10 heavy (non-hydrogen) atoms. The minimum atomic E-state index is -0.576. The van der Waals surface area contributed by atoms with E-state index in [-0.39, 0.29) is 0 Å². The Morgan fingerprint density at radius 1 is 1.70 bits per heavy atom. The van der Waals surface area contributed by atoms with Gasteiger partial charge in [-0.1, -0.05) is 0 Å². The number of nitrogens with zero attached hydrogens (tertiary/aromatic N) is 1. The molecule has 4 heteroatoms. The van der Waals surface area contributed by atoms with Crippen molar-refractivity contribution >= 4 is 11.7 Å². The van der Waals surface area contributed by atoms with Crippen LogP contribution in [0.2, 0.25) is 0 Å². The first-order valence-corrected chi connectivity index (χ1v) is 2.75.